The second-order valence-electron chi connectivity index (χ2n) is 5.33. The molecule has 0 aliphatic rings. The van der Waals surface area contributed by atoms with Crippen molar-refractivity contribution >= 4 is 33.2 Å². The minimum Gasteiger partial charge on any atom is -0.467 e. The Labute approximate surface area is 146 Å². The first-order valence-electron chi connectivity index (χ1n) is 7.31. The molecule has 0 fully saturated rings. The lowest BCUT2D eigenvalue weighted by molar-refractivity contribution is -0.121. The molecule has 130 valence electrons. The Morgan fingerprint density at radius 1 is 1.29 bits per heavy atom. The Kier molecular flexibility index (Phi) is 5.90. The molecule has 1 aromatic heterocycles. The number of sulfonamides is 1. The molecule has 0 radical (unpaired) electrons. The van der Waals surface area contributed by atoms with Gasteiger partial charge in [0.1, 0.15) is 5.76 Å². The van der Waals surface area contributed by atoms with Crippen LogP contribution in [0.25, 0.3) is 0 Å². The van der Waals surface area contributed by atoms with Gasteiger partial charge in [0, 0.05) is 18.0 Å². The molecule has 1 amide bonds. The largest absolute Gasteiger partial charge is 0.467 e. The highest BCUT2D eigenvalue weighted by atomic mass is 35.5. The molecule has 0 spiro atoms. The number of furan rings is 1. The first kappa shape index (κ1) is 18.4. The Morgan fingerprint density at radius 2 is 2.04 bits per heavy atom. The number of hydrogen-bond donors (Lipinski definition) is 1. The summed E-state index contributed by atoms with van der Waals surface area (Å²) < 4.78 is 30.5. The van der Waals surface area contributed by atoms with Crippen LogP contribution >= 0.6 is 11.6 Å². The van der Waals surface area contributed by atoms with Gasteiger partial charge in [-0.2, -0.15) is 0 Å². The van der Waals surface area contributed by atoms with Crippen molar-refractivity contribution in [2.75, 3.05) is 17.1 Å². The molecule has 24 heavy (non-hydrogen) atoms. The van der Waals surface area contributed by atoms with Crippen LogP contribution in [0.1, 0.15) is 17.7 Å². The average molecular weight is 371 g/mol. The van der Waals surface area contributed by atoms with Crippen molar-refractivity contribution in [2.24, 2.45) is 0 Å². The predicted molar refractivity (Wildman–Crippen MR) is 93.6 cm³/mol. The number of amides is 1. The van der Waals surface area contributed by atoms with Crippen molar-refractivity contribution in [3.05, 3.63) is 52.9 Å². The molecule has 2 rings (SSSR count). The topological polar surface area (TPSA) is 79.6 Å². The molecule has 0 bridgehead atoms. The summed E-state index contributed by atoms with van der Waals surface area (Å²) in [6.45, 7) is 2.04. The minimum absolute atomic E-state index is 0.0275. The summed E-state index contributed by atoms with van der Waals surface area (Å²) in [6.07, 6.45) is 2.66. The van der Waals surface area contributed by atoms with E-state index in [2.05, 4.69) is 5.32 Å². The van der Waals surface area contributed by atoms with Gasteiger partial charge >= 0.3 is 0 Å². The van der Waals surface area contributed by atoms with Crippen molar-refractivity contribution in [1.82, 2.24) is 5.32 Å². The van der Waals surface area contributed by atoms with Crippen LogP contribution < -0.4 is 9.62 Å². The number of anilines is 1. The maximum atomic E-state index is 12.1. The summed E-state index contributed by atoms with van der Waals surface area (Å²) in [6, 6.07) is 8.52. The summed E-state index contributed by atoms with van der Waals surface area (Å²) in [5, 5.41) is 3.16. The highest BCUT2D eigenvalue weighted by Crippen LogP contribution is 2.28. The summed E-state index contributed by atoms with van der Waals surface area (Å²) in [5.41, 5.74) is 1.13. The molecule has 0 atom stereocenters. The Bertz CT molecular complexity index is 803. The average Bonchev–Trinajstić information content (AvgIpc) is 3.01. The molecule has 8 heteroatoms. The van der Waals surface area contributed by atoms with E-state index in [4.69, 9.17) is 16.0 Å². The molecular weight excluding hydrogens is 352 g/mol. The van der Waals surface area contributed by atoms with Gasteiger partial charge in [0.15, 0.2) is 0 Å². The molecule has 2 aromatic rings. The van der Waals surface area contributed by atoms with Crippen LogP contribution in [0.5, 0.6) is 0 Å². The zero-order valence-corrected chi connectivity index (χ0v) is 15.0. The quantitative estimate of drug-likeness (QED) is 0.812. The van der Waals surface area contributed by atoms with Gasteiger partial charge in [-0.15, -0.1) is 0 Å². The van der Waals surface area contributed by atoms with Crippen LogP contribution in [0, 0.1) is 6.92 Å². The molecule has 0 unspecified atom stereocenters. The van der Waals surface area contributed by atoms with E-state index in [1.54, 1.807) is 37.3 Å². The fourth-order valence-corrected chi connectivity index (χ4v) is 3.37. The molecule has 0 aliphatic heterocycles. The number of benzene rings is 1. The second-order valence-corrected chi connectivity index (χ2v) is 7.64. The lowest BCUT2D eigenvalue weighted by atomic mass is 10.2. The number of nitrogens with zero attached hydrogens (tertiary/aromatic N) is 1. The first-order valence-corrected chi connectivity index (χ1v) is 9.53. The zero-order chi connectivity index (χ0) is 17.7. The third-order valence-electron chi connectivity index (χ3n) is 3.49. The van der Waals surface area contributed by atoms with E-state index >= 15 is 0 Å². The molecule has 1 aromatic carbocycles. The molecular formula is C16H19ClN2O4S. The normalized spacial score (nSPS) is 11.3. The van der Waals surface area contributed by atoms with Gasteiger partial charge in [0.2, 0.25) is 15.9 Å². The lowest BCUT2D eigenvalue weighted by Gasteiger charge is -2.24. The highest BCUT2D eigenvalue weighted by Gasteiger charge is 2.21. The van der Waals surface area contributed by atoms with Crippen LogP contribution in [-0.4, -0.2) is 27.1 Å². The Hall–Kier alpha value is -1.99. The lowest BCUT2D eigenvalue weighted by Crippen LogP contribution is -2.35. The molecule has 1 N–H and O–H groups in total. The van der Waals surface area contributed by atoms with Gasteiger partial charge in [-0.1, -0.05) is 17.7 Å². The van der Waals surface area contributed by atoms with E-state index in [0.717, 1.165) is 6.26 Å². The smallest absolute Gasteiger partial charge is 0.232 e. The van der Waals surface area contributed by atoms with Crippen molar-refractivity contribution in [3.63, 3.8) is 0 Å². The minimum atomic E-state index is -3.53. The maximum Gasteiger partial charge on any atom is 0.232 e. The Balaban J connectivity index is 2.05. The van der Waals surface area contributed by atoms with Crippen LogP contribution in [0.3, 0.4) is 0 Å². The van der Waals surface area contributed by atoms with E-state index in [1.165, 1.54) is 10.6 Å². The van der Waals surface area contributed by atoms with Gasteiger partial charge in [-0.25, -0.2) is 8.42 Å². The highest BCUT2D eigenvalue weighted by molar-refractivity contribution is 7.92. The third kappa shape index (κ3) is 4.75. The fraction of sp³-hybridized carbons (Fsp3) is 0.312. The Morgan fingerprint density at radius 3 is 2.67 bits per heavy atom. The van der Waals surface area contributed by atoms with Gasteiger partial charge in [0.25, 0.3) is 0 Å². The zero-order valence-electron chi connectivity index (χ0n) is 13.5. The van der Waals surface area contributed by atoms with Gasteiger partial charge in [0.05, 0.1) is 24.8 Å². The van der Waals surface area contributed by atoms with Crippen molar-refractivity contribution < 1.29 is 17.6 Å². The number of carbonyl (C=O) groups excluding carboxylic acids is 1. The van der Waals surface area contributed by atoms with Crippen molar-refractivity contribution in [3.8, 4) is 0 Å². The molecule has 0 saturated heterocycles. The second kappa shape index (κ2) is 7.72. The van der Waals surface area contributed by atoms with E-state index < -0.39 is 10.0 Å². The fourth-order valence-electron chi connectivity index (χ4n) is 2.22. The van der Waals surface area contributed by atoms with Crippen LogP contribution in [0.15, 0.2) is 41.0 Å². The number of hydrogen-bond acceptors (Lipinski definition) is 4. The summed E-state index contributed by atoms with van der Waals surface area (Å²) >= 11 is 6.07. The number of nitrogens with one attached hydrogen (secondary N) is 1. The summed E-state index contributed by atoms with van der Waals surface area (Å²) in [5.74, 6) is 0.369. The predicted octanol–water partition coefficient (Wildman–Crippen LogP) is 2.71. The number of carbonyl (C=O) groups is 1. The number of rotatable bonds is 7. The summed E-state index contributed by atoms with van der Waals surface area (Å²) in [7, 11) is -3.53. The molecule has 0 saturated carbocycles. The third-order valence-corrected chi connectivity index (χ3v) is 5.08. The van der Waals surface area contributed by atoms with Crippen LogP contribution in [0.4, 0.5) is 5.69 Å². The molecule has 1 heterocycles. The molecule has 6 nitrogen and oxygen atoms in total. The molecule has 0 aliphatic carbocycles. The van der Waals surface area contributed by atoms with E-state index in [0.29, 0.717) is 22.0 Å². The van der Waals surface area contributed by atoms with E-state index in [-0.39, 0.29) is 25.4 Å². The monoisotopic (exact) mass is 370 g/mol. The van der Waals surface area contributed by atoms with Gasteiger partial charge in [-0.3, -0.25) is 9.10 Å². The van der Waals surface area contributed by atoms with Crippen LogP contribution in [-0.2, 0) is 21.4 Å². The van der Waals surface area contributed by atoms with Crippen LogP contribution in [0.2, 0.25) is 5.02 Å². The van der Waals surface area contributed by atoms with Crippen molar-refractivity contribution in [1.29, 1.82) is 0 Å². The summed E-state index contributed by atoms with van der Waals surface area (Å²) in [4.78, 5) is 12.0. The van der Waals surface area contributed by atoms with E-state index in [1.807, 2.05) is 0 Å². The standard InChI is InChI=1S/C16H19ClN2O4S/c1-12-14(17)6-3-7-15(12)19(24(2,21)22)9-8-16(20)18-11-13-5-4-10-23-13/h3-7,10H,8-9,11H2,1-2H3,(H,18,20). The first-order chi connectivity index (χ1) is 11.3. The van der Waals surface area contributed by atoms with Gasteiger partial charge in [-0.05, 0) is 36.8 Å². The maximum absolute atomic E-state index is 12.1. The van der Waals surface area contributed by atoms with Gasteiger partial charge < -0.3 is 9.73 Å². The van der Waals surface area contributed by atoms with E-state index in [9.17, 15) is 13.2 Å². The number of halogens is 1. The van der Waals surface area contributed by atoms with Crippen molar-refractivity contribution in [2.45, 2.75) is 19.9 Å². The SMILES string of the molecule is Cc1c(Cl)cccc1N(CCC(=O)NCc1ccco1)S(C)(=O)=O.